The second-order valence-electron chi connectivity index (χ2n) is 7.15. The Balaban J connectivity index is 1.77. The van der Waals surface area contributed by atoms with E-state index >= 15 is 0 Å². The van der Waals surface area contributed by atoms with Crippen molar-refractivity contribution < 1.29 is 0 Å². The van der Waals surface area contributed by atoms with E-state index in [-0.39, 0.29) is 0 Å². The SMILES string of the molecule is CCCCCCn1c2ccccc2c2cc(/C=C(/C#N)c3cccs3)ccc21. The Morgan fingerprint density at radius 1 is 1.00 bits per heavy atom. The summed E-state index contributed by atoms with van der Waals surface area (Å²) in [7, 11) is 0. The summed E-state index contributed by atoms with van der Waals surface area (Å²) in [6.45, 7) is 3.30. The van der Waals surface area contributed by atoms with Crippen molar-refractivity contribution in [2.45, 2.75) is 39.2 Å². The Hall–Kier alpha value is -2.83. The topological polar surface area (TPSA) is 28.7 Å². The number of rotatable bonds is 7. The summed E-state index contributed by atoms with van der Waals surface area (Å²) < 4.78 is 2.46. The molecule has 28 heavy (non-hydrogen) atoms. The quantitative estimate of drug-likeness (QED) is 0.239. The number of hydrogen-bond acceptors (Lipinski definition) is 2. The molecule has 0 fully saturated rings. The minimum Gasteiger partial charge on any atom is -0.340 e. The van der Waals surface area contributed by atoms with Crippen LogP contribution in [0.3, 0.4) is 0 Å². The van der Waals surface area contributed by atoms with Gasteiger partial charge in [-0.25, -0.2) is 0 Å². The summed E-state index contributed by atoms with van der Waals surface area (Å²) in [5.74, 6) is 0. The van der Waals surface area contributed by atoms with E-state index in [2.05, 4.69) is 60.0 Å². The summed E-state index contributed by atoms with van der Waals surface area (Å²) in [5.41, 5.74) is 4.38. The Labute approximate surface area is 170 Å². The molecule has 4 aromatic rings. The molecule has 2 heterocycles. The first-order valence-corrected chi connectivity index (χ1v) is 10.9. The molecule has 4 rings (SSSR count). The van der Waals surface area contributed by atoms with E-state index in [0.717, 1.165) is 22.6 Å². The number of nitriles is 1. The molecule has 0 aliphatic rings. The van der Waals surface area contributed by atoms with Crippen LogP contribution in [0, 0.1) is 11.3 Å². The Morgan fingerprint density at radius 2 is 1.86 bits per heavy atom. The maximum Gasteiger partial charge on any atom is 0.101 e. The highest BCUT2D eigenvalue weighted by Gasteiger charge is 2.11. The highest BCUT2D eigenvalue weighted by Crippen LogP contribution is 2.31. The standard InChI is InChI=1S/C25H24N2S/c1-2-3-4-7-14-27-23-10-6-5-9-21(23)22-17-19(12-13-24(22)27)16-20(18-26)25-11-8-15-28-25/h5-6,8-13,15-17H,2-4,7,14H2,1H3/b20-16-. The van der Waals surface area contributed by atoms with Gasteiger partial charge >= 0.3 is 0 Å². The molecule has 0 spiro atoms. The van der Waals surface area contributed by atoms with Crippen molar-refractivity contribution >= 4 is 44.8 Å². The largest absolute Gasteiger partial charge is 0.340 e. The van der Waals surface area contributed by atoms with Crippen molar-refractivity contribution in [1.82, 2.24) is 4.57 Å². The van der Waals surface area contributed by atoms with E-state index in [0.29, 0.717) is 0 Å². The number of aromatic nitrogens is 1. The lowest BCUT2D eigenvalue weighted by Gasteiger charge is -2.07. The molecule has 0 saturated heterocycles. The van der Waals surface area contributed by atoms with Gasteiger partial charge < -0.3 is 4.57 Å². The lowest BCUT2D eigenvalue weighted by molar-refractivity contribution is 0.602. The van der Waals surface area contributed by atoms with E-state index in [1.807, 2.05) is 23.6 Å². The normalized spacial score (nSPS) is 11.9. The van der Waals surface area contributed by atoms with E-state index in [1.54, 1.807) is 11.3 Å². The summed E-state index contributed by atoms with van der Waals surface area (Å²) in [5, 5.41) is 14.1. The molecule has 140 valence electrons. The third kappa shape index (κ3) is 3.61. The van der Waals surface area contributed by atoms with Gasteiger partial charge in [-0.3, -0.25) is 0 Å². The summed E-state index contributed by atoms with van der Waals surface area (Å²) in [6, 6.07) is 21.6. The van der Waals surface area contributed by atoms with Crippen molar-refractivity contribution in [3.8, 4) is 6.07 Å². The molecule has 0 saturated carbocycles. The molecule has 3 heteroatoms. The molecule has 0 amide bonds. The molecule has 0 N–H and O–H groups in total. The zero-order valence-electron chi connectivity index (χ0n) is 16.2. The van der Waals surface area contributed by atoms with E-state index in [4.69, 9.17) is 0 Å². The number of para-hydroxylation sites is 1. The molecule has 0 aliphatic carbocycles. The molecule has 0 radical (unpaired) electrons. The lowest BCUT2D eigenvalue weighted by atomic mass is 10.1. The summed E-state index contributed by atoms with van der Waals surface area (Å²) in [6.07, 6.45) is 7.04. The number of allylic oxidation sites excluding steroid dienone is 1. The van der Waals surface area contributed by atoms with Crippen LogP contribution >= 0.6 is 11.3 Å². The van der Waals surface area contributed by atoms with Gasteiger partial charge in [0.1, 0.15) is 6.07 Å². The van der Waals surface area contributed by atoms with Crippen LogP contribution in [0.25, 0.3) is 33.5 Å². The fourth-order valence-corrected chi connectivity index (χ4v) is 4.55. The minimum atomic E-state index is 0.720. The second-order valence-corrected chi connectivity index (χ2v) is 8.10. The third-order valence-electron chi connectivity index (χ3n) is 5.25. The molecule has 2 aromatic carbocycles. The second kappa shape index (κ2) is 8.46. The predicted octanol–water partition coefficient (Wildman–Crippen LogP) is 7.50. The average molecular weight is 385 g/mol. The predicted molar refractivity (Wildman–Crippen MR) is 121 cm³/mol. The zero-order chi connectivity index (χ0) is 19.3. The molecule has 2 aromatic heterocycles. The zero-order valence-corrected chi connectivity index (χ0v) is 17.0. The van der Waals surface area contributed by atoms with Crippen LogP contribution in [0.2, 0.25) is 0 Å². The van der Waals surface area contributed by atoms with E-state index < -0.39 is 0 Å². The third-order valence-corrected chi connectivity index (χ3v) is 6.15. The molecule has 2 nitrogen and oxygen atoms in total. The van der Waals surface area contributed by atoms with Gasteiger partial charge in [-0.2, -0.15) is 5.26 Å². The van der Waals surface area contributed by atoms with Gasteiger partial charge in [-0.05, 0) is 47.7 Å². The lowest BCUT2D eigenvalue weighted by Crippen LogP contribution is -1.97. The van der Waals surface area contributed by atoms with Crippen LogP contribution in [-0.2, 0) is 6.54 Å². The first kappa shape index (κ1) is 18.5. The van der Waals surface area contributed by atoms with Crippen molar-refractivity contribution in [3.63, 3.8) is 0 Å². The number of fused-ring (bicyclic) bond motifs is 3. The molecule has 0 unspecified atom stereocenters. The monoisotopic (exact) mass is 384 g/mol. The molecular weight excluding hydrogens is 360 g/mol. The molecular formula is C25H24N2S. The van der Waals surface area contributed by atoms with Gasteiger partial charge in [0.2, 0.25) is 0 Å². The molecule has 0 atom stereocenters. The first-order valence-electron chi connectivity index (χ1n) is 9.98. The Kier molecular flexibility index (Phi) is 5.60. The van der Waals surface area contributed by atoms with Crippen LogP contribution in [0.1, 0.15) is 43.0 Å². The number of nitrogens with zero attached hydrogens (tertiary/aromatic N) is 2. The minimum absolute atomic E-state index is 0.720. The number of aryl methyl sites for hydroxylation is 1. The van der Waals surface area contributed by atoms with Gasteiger partial charge in [0.15, 0.2) is 0 Å². The Morgan fingerprint density at radius 3 is 2.64 bits per heavy atom. The van der Waals surface area contributed by atoms with Crippen molar-refractivity contribution in [1.29, 1.82) is 5.26 Å². The van der Waals surface area contributed by atoms with Crippen LogP contribution < -0.4 is 0 Å². The van der Waals surface area contributed by atoms with Gasteiger partial charge in [0.05, 0.1) is 5.57 Å². The van der Waals surface area contributed by atoms with Crippen LogP contribution in [0.4, 0.5) is 0 Å². The number of hydrogen-bond donors (Lipinski definition) is 0. The van der Waals surface area contributed by atoms with E-state index in [1.165, 1.54) is 47.5 Å². The fraction of sp³-hybridized carbons (Fsp3) is 0.240. The summed E-state index contributed by atoms with van der Waals surface area (Å²) in [4.78, 5) is 1.01. The maximum absolute atomic E-state index is 9.57. The van der Waals surface area contributed by atoms with Crippen LogP contribution in [-0.4, -0.2) is 4.57 Å². The average Bonchev–Trinajstić information content (AvgIpc) is 3.36. The highest BCUT2D eigenvalue weighted by molar-refractivity contribution is 7.11. The number of unbranched alkanes of at least 4 members (excludes halogenated alkanes) is 3. The molecule has 0 aliphatic heterocycles. The van der Waals surface area contributed by atoms with Gasteiger partial charge in [0.25, 0.3) is 0 Å². The Bertz CT molecular complexity index is 1160. The molecule has 0 bridgehead atoms. The van der Waals surface area contributed by atoms with Crippen molar-refractivity contribution in [2.24, 2.45) is 0 Å². The fourth-order valence-electron chi connectivity index (χ4n) is 3.86. The number of thiophene rings is 1. The van der Waals surface area contributed by atoms with Crippen LogP contribution in [0.15, 0.2) is 60.0 Å². The smallest absolute Gasteiger partial charge is 0.101 e. The first-order chi connectivity index (χ1) is 13.8. The summed E-state index contributed by atoms with van der Waals surface area (Å²) >= 11 is 1.60. The van der Waals surface area contributed by atoms with Crippen molar-refractivity contribution in [3.05, 3.63) is 70.4 Å². The van der Waals surface area contributed by atoms with Gasteiger partial charge in [0, 0.05) is 33.2 Å². The van der Waals surface area contributed by atoms with E-state index in [9.17, 15) is 5.26 Å². The van der Waals surface area contributed by atoms with Gasteiger partial charge in [-0.15, -0.1) is 11.3 Å². The van der Waals surface area contributed by atoms with Crippen molar-refractivity contribution in [2.75, 3.05) is 0 Å². The highest BCUT2D eigenvalue weighted by atomic mass is 32.1. The number of benzene rings is 2. The van der Waals surface area contributed by atoms with Gasteiger partial charge in [-0.1, -0.05) is 56.5 Å². The van der Waals surface area contributed by atoms with Crippen LogP contribution in [0.5, 0.6) is 0 Å². The maximum atomic E-state index is 9.57.